The molecular weight excluding hydrogens is 298 g/mol. The van der Waals surface area contributed by atoms with Crippen LogP contribution in [0.2, 0.25) is 5.02 Å². The number of hydrogen-bond donors (Lipinski definition) is 1. The lowest BCUT2D eigenvalue weighted by atomic mass is 10.0. The van der Waals surface area contributed by atoms with E-state index in [2.05, 4.69) is 61.6 Å². The van der Waals surface area contributed by atoms with Crippen LogP contribution in [0.4, 0.5) is 0 Å². The molecule has 0 radical (unpaired) electrons. The van der Waals surface area contributed by atoms with Crippen molar-refractivity contribution >= 4 is 23.4 Å². The molecule has 0 spiro atoms. The molecule has 0 fully saturated rings. The van der Waals surface area contributed by atoms with Crippen LogP contribution in [0.3, 0.4) is 0 Å². The minimum absolute atomic E-state index is 0.354. The molecule has 0 saturated carbocycles. The second-order valence-electron chi connectivity index (χ2n) is 5.12. The van der Waals surface area contributed by atoms with Crippen LogP contribution in [-0.2, 0) is 0 Å². The van der Waals surface area contributed by atoms with E-state index < -0.39 is 0 Å². The third-order valence-electron chi connectivity index (χ3n) is 3.38. The standard InChI is InChI=1S/C18H22ClNS/c1-3-13-20-18(15-7-5-4-6-8-15)14(2)21-17-11-9-16(19)10-12-17/h4-12,14,18,20H,3,13H2,1-2H3. The van der Waals surface area contributed by atoms with E-state index >= 15 is 0 Å². The number of nitrogens with one attached hydrogen (secondary N) is 1. The molecule has 1 nitrogen and oxygen atoms in total. The molecule has 2 aromatic rings. The van der Waals surface area contributed by atoms with Gasteiger partial charge in [0.2, 0.25) is 0 Å². The quantitative estimate of drug-likeness (QED) is 0.670. The molecule has 3 heteroatoms. The van der Waals surface area contributed by atoms with E-state index in [-0.39, 0.29) is 0 Å². The first-order valence-corrected chi connectivity index (χ1v) is 8.67. The predicted octanol–water partition coefficient (Wildman–Crippen LogP) is 5.56. The first-order chi connectivity index (χ1) is 10.2. The Balaban J connectivity index is 2.10. The van der Waals surface area contributed by atoms with E-state index in [9.17, 15) is 0 Å². The molecule has 2 atom stereocenters. The van der Waals surface area contributed by atoms with E-state index in [1.807, 2.05) is 23.9 Å². The van der Waals surface area contributed by atoms with Crippen molar-refractivity contribution in [2.45, 2.75) is 36.5 Å². The summed E-state index contributed by atoms with van der Waals surface area (Å²) in [7, 11) is 0. The van der Waals surface area contributed by atoms with Gasteiger partial charge >= 0.3 is 0 Å². The van der Waals surface area contributed by atoms with Crippen LogP contribution in [-0.4, -0.2) is 11.8 Å². The van der Waals surface area contributed by atoms with Gasteiger partial charge in [0, 0.05) is 21.2 Å². The maximum absolute atomic E-state index is 5.95. The van der Waals surface area contributed by atoms with Crippen molar-refractivity contribution in [1.29, 1.82) is 0 Å². The van der Waals surface area contributed by atoms with E-state index in [0.29, 0.717) is 11.3 Å². The molecule has 2 aromatic carbocycles. The molecular formula is C18H22ClNS. The molecule has 0 amide bonds. The molecule has 0 bridgehead atoms. The van der Waals surface area contributed by atoms with Gasteiger partial charge in [0.1, 0.15) is 0 Å². The Morgan fingerprint density at radius 1 is 1.05 bits per heavy atom. The van der Waals surface area contributed by atoms with Gasteiger partial charge in [-0.2, -0.15) is 0 Å². The van der Waals surface area contributed by atoms with Crippen LogP contribution in [0, 0.1) is 0 Å². The highest BCUT2D eigenvalue weighted by Crippen LogP contribution is 2.32. The predicted molar refractivity (Wildman–Crippen MR) is 94.2 cm³/mol. The van der Waals surface area contributed by atoms with Gasteiger partial charge in [-0.3, -0.25) is 0 Å². The first kappa shape index (κ1) is 16.4. The van der Waals surface area contributed by atoms with Gasteiger partial charge in [-0.15, -0.1) is 11.8 Å². The minimum atomic E-state index is 0.354. The maximum atomic E-state index is 5.95. The topological polar surface area (TPSA) is 12.0 Å². The normalized spacial score (nSPS) is 13.9. The van der Waals surface area contributed by atoms with Gasteiger partial charge in [0.15, 0.2) is 0 Å². The Morgan fingerprint density at radius 2 is 1.71 bits per heavy atom. The number of hydrogen-bond acceptors (Lipinski definition) is 2. The Morgan fingerprint density at radius 3 is 2.33 bits per heavy atom. The summed E-state index contributed by atoms with van der Waals surface area (Å²) < 4.78 is 0. The molecule has 0 aliphatic carbocycles. The average molecular weight is 320 g/mol. The first-order valence-electron chi connectivity index (χ1n) is 7.41. The van der Waals surface area contributed by atoms with Crippen LogP contribution in [0.5, 0.6) is 0 Å². The van der Waals surface area contributed by atoms with Gasteiger partial charge in [-0.25, -0.2) is 0 Å². The van der Waals surface area contributed by atoms with Crippen LogP contribution >= 0.6 is 23.4 Å². The summed E-state index contributed by atoms with van der Waals surface area (Å²) >= 11 is 7.84. The molecule has 0 aliphatic rings. The van der Waals surface area contributed by atoms with Crippen molar-refractivity contribution < 1.29 is 0 Å². The second kappa shape index (κ2) is 8.47. The molecule has 0 saturated heterocycles. The summed E-state index contributed by atoms with van der Waals surface area (Å²) in [6, 6.07) is 19.1. The molecule has 0 aromatic heterocycles. The molecule has 0 heterocycles. The van der Waals surface area contributed by atoms with E-state index in [1.54, 1.807) is 0 Å². The van der Waals surface area contributed by atoms with Crippen molar-refractivity contribution in [2.75, 3.05) is 6.54 Å². The Bertz CT molecular complexity index is 527. The van der Waals surface area contributed by atoms with Gasteiger partial charge in [-0.05, 0) is 42.8 Å². The third-order valence-corrected chi connectivity index (χ3v) is 4.82. The van der Waals surface area contributed by atoms with E-state index in [1.165, 1.54) is 10.5 Å². The Labute approximate surface area is 137 Å². The van der Waals surface area contributed by atoms with Crippen molar-refractivity contribution in [3.05, 3.63) is 65.2 Å². The molecule has 2 rings (SSSR count). The zero-order valence-corrected chi connectivity index (χ0v) is 14.1. The van der Waals surface area contributed by atoms with Gasteiger partial charge in [-0.1, -0.05) is 55.8 Å². The number of thioether (sulfide) groups is 1. The summed E-state index contributed by atoms with van der Waals surface area (Å²) in [5.41, 5.74) is 1.35. The smallest absolute Gasteiger partial charge is 0.0441 e. The van der Waals surface area contributed by atoms with Crippen LogP contribution in [0.1, 0.15) is 31.9 Å². The lowest BCUT2D eigenvalue weighted by Gasteiger charge is -2.25. The Hall–Kier alpha value is -0.960. The summed E-state index contributed by atoms with van der Waals surface area (Å²) in [6.45, 7) is 5.51. The van der Waals surface area contributed by atoms with Crippen molar-refractivity contribution in [3.8, 4) is 0 Å². The van der Waals surface area contributed by atoms with Crippen molar-refractivity contribution in [1.82, 2.24) is 5.32 Å². The molecule has 2 unspecified atom stereocenters. The zero-order valence-electron chi connectivity index (χ0n) is 12.6. The third kappa shape index (κ3) is 5.06. The Kier molecular flexibility index (Phi) is 6.62. The van der Waals surface area contributed by atoms with Crippen molar-refractivity contribution in [2.24, 2.45) is 0 Å². The summed E-state index contributed by atoms with van der Waals surface area (Å²) in [5, 5.41) is 4.90. The minimum Gasteiger partial charge on any atom is -0.309 e. The number of halogens is 1. The maximum Gasteiger partial charge on any atom is 0.0441 e. The van der Waals surface area contributed by atoms with Gasteiger partial charge in [0.25, 0.3) is 0 Å². The van der Waals surface area contributed by atoms with Gasteiger partial charge in [0.05, 0.1) is 0 Å². The fourth-order valence-corrected chi connectivity index (χ4v) is 3.55. The SMILES string of the molecule is CCCNC(c1ccccc1)C(C)Sc1ccc(Cl)cc1. The molecule has 0 aliphatic heterocycles. The zero-order chi connectivity index (χ0) is 15.1. The summed E-state index contributed by atoms with van der Waals surface area (Å²) in [4.78, 5) is 1.26. The fraction of sp³-hybridized carbons (Fsp3) is 0.333. The summed E-state index contributed by atoms with van der Waals surface area (Å²) in [5.74, 6) is 0. The molecule has 112 valence electrons. The second-order valence-corrected chi connectivity index (χ2v) is 7.01. The van der Waals surface area contributed by atoms with E-state index in [0.717, 1.165) is 18.0 Å². The lowest BCUT2D eigenvalue weighted by Crippen LogP contribution is -2.29. The molecule has 21 heavy (non-hydrogen) atoms. The average Bonchev–Trinajstić information content (AvgIpc) is 2.51. The number of benzene rings is 2. The van der Waals surface area contributed by atoms with Crippen LogP contribution < -0.4 is 5.32 Å². The largest absolute Gasteiger partial charge is 0.309 e. The summed E-state index contributed by atoms with van der Waals surface area (Å²) in [6.07, 6.45) is 1.14. The highest BCUT2D eigenvalue weighted by Gasteiger charge is 2.19. The monoisotopic (exact) mass is 319 g/mol. The number of rotatable bonds is 7. The molecule has 1 N–H and O–H groups in total. The van der Waals surface area contributed by atoms with Crippen LogP contribution in [0.25, 0.3) is 0 Å². The van der Waals surface area contributed by atoms with Crippen LogP contribution in [0.15, 0.2) is 59.5 Å². The highest BCUT2D eigenvalue weighted by atomic mass is 35.5. The fourth-order valence-electron chi connectivity index (χ4n) is 2.31. The van der Waals surface area contributed by atoms with E-state index in [4.69, 9.17) is 11.6 Å². The van der Waals surface area contributed by atoms with Crippen molar-refractivity contribution in [3.63, 3.8) is 0 Å². The highest BCUT2D eigenvalue weighted by molar-refractivity contribution is 8.00. The van der Waals surface area contributed by atoms with Gasteiger partial charge < -0.3 is 5.32 Å². The lowest BCUT2D eigenvalue weighted by molar-refractivity contribution is 0.528.